The van der Waals surface area contributed by atoms with Gasteiger partial charge in [-0.15, -0.1) is 11.3 Å². The molecule has 2 heterocycles. The second kappa shape index (κ2) is 8.72. The van der Waals surface area contributed by atoms with Gasteiger partial charge in [0.2, 0.25) is 0 Å². The van der Waals surface area contributed by atoms with Crippen LogP contribution in [0.3, 0.4) is 0 Å². The van der Waals surface area contributed by atoms with Crippen LogP contribution in [-0.4, -0.2) is 55.2 Å². The van der Waals surface area contributed by atoms with E-state index in [0.717, 1.165) is 18.7 Å². The van der Waals surface area contributed by atoms with Crippen molar-refractivity contribution in [3.63, 3.8) is 0 Å². The van der Waals surface area contributed by atoms with Crippen LogP contribution < -0.4 is 5.32 Å². The summed E-state index contributed by atoms with van der Waals surface area (Å²) < 4.78 is 10.8. The number of esters is 1. The number of amides is 1. The molecule has 0 spiro atoms. The topological polar surface area (TPSA) is 80.8 Å². The minimum atomic E-state index is -0.497. The van der Waals surface area contributed by atoms with E-state index in [9.17, 15) is 9.59 Å². The summed E-state index contributed by atoms with van der Waals surface area (Å²) in [6, 6.07) is 5.38. The number of thiazole rings is 1. The number of carbonyl (C=O) groups is 2. The number of nitrogens with zero attached hydrogens (tertiary/aromatic N) is 2. The maximum atomic E-state index is 12.3. The largest absolute Gasteiger partial charge is 0.465 e. The van der Waals surface area contributed by atoms with Crippen LogP contribution >= 0.6 is 27.3 Å². The second-order valence-corrected chi connectivity index (χ2v) is 7.83. The van der Waals surface area contributed by atoms with Crippen LogP contribution in [0.4, 0.5) is 5.69 Å². The zero-order chi connectivity index (χ0) is 18.5. The second-order valence-electron chi connectivity index (χ2n) is 5.70. The molecule has 1 N–H and O–H groups in total. The van der Waals surface area contributed by atoms with Gasteiger partial charge in [-0.05, 0) is 33.6 Å². The number of nitrogens with one attached hydrogen (secondary N) is 1. The Morgan fingerprint density at radius 1 is 1.38 bits per heavy atom. The van der Waals surface area contributed by atoms with Crippen LogP contribution in [0.1, 0.15) is 26.4 Å². The molecular formula is C17H18BrN3O4S. The minimum absolute atomic E-state index is 0.287. The molecule has 0 atom stereocenters. The van der Waals surface area contributed by atoms with Gasteiger partial charge < -0.3 is 14.8 Å². The van der Waals surface area contributed by atoms with Crippen molar-refractivity contribution in [2.24, 2.45) is 0 Å². The fraction of sp³-hybridized carbons (Fsp3) is 0.353. The molecule has 0 saturated carbocycles. The van der Waals surface area contributed by atoms with Gasteiger partial charge in [-0.1, -0.05) is 6.07 Å². The predicted octanol–water partition coefficient (Wildman–Crippen LogP) is 2.78. The average Bonchev–Trinajstić information content (AvgIpc) is 3.09. The highest BCUT2D eigenvalue weighted by atomic mass is 79.9. The molecule has 1 aliphatic rings. The Labute approximate surface area is 163 Å². The summed E-state index contributed by atoms with van der Waals surface area (Å²) in [5.74, 6) is -0.874. The molecule has 0 bridgehead atoms. The van der Waals surface area contributed by atoms with Crippen LogP contribution in [0.25, 0.3) is 0 Å². The number of carbonyl (C=O) groups excluding carboxylic acids is 2. The molecule has 1 aromatic heterocycles. The lowest BCUT2D eigenvalue weighted by atomic mass is 10.1. The summed E-state index contributed by atoms with van der Waals surface area (Å²) in [5, 5.41) is 4.38. The number of benzene rings is 1. The molecule has 0 radical (unpaired) electrons. The normalized spacial score (nSPS) is 14.8. The highest BCUT2D eigenvalue weighted by molar-refractivity contribution is 9.11. The molecule has 2 aromatic rings. The lowest BCUT2D eigenvalue weighted by Gasteiger charge is -2.26. The number of rotatable bonds is 5. The molecule has 1 amide bonds. The minimum Gasteiger partial charge on any atom is -0.465 e. The fourth-order valence-electron chi connectivity index (χ4n) is 2.64. The number of hydrogen-bond donors (Lipinski definition) is 1. The fourth-order valence-corrected chi connectivity index (χ4v) is 3.63. The van der Waals surface area contributed by atoms with Gasteiger partial charge in [-0.25, -0.2) is 9.78 Å². The van der Waals surface area contributed by atoms with Gasteiger partial charge >= 0.3 is 5.97 Å². The Morgan fingerprint density at radius 3 is 2.81 bits per heavy atom. The molecule has 1 aromatic carbocycles. The smallest absolute Gasteiger partial charge is 0.339 e. The first kappa shape index (κ1) is 19.0. The van der Waals surface area contributed by atoms with E-state index in [4.69, 9.17) is 9.47 Å². The summed E-state index contributed by atoms with van der Waals surface area (Å²) in [4.78, 5) is 30.8. The number of methoxy groups -OCH3 is 1. The Balaban J connectivity index is 1.79. The van der Waals surface area contributed by atoms with Crippen molar-refractivity contribution in [3.05, 3.63) is 44.3 Å². The maximum Gasteiger partial charge on any atom is 0.339 e. The van der Waals surface area contributed by atoms with E-state index >= 15 is 0 Å². The van der Waals surface area contributed by atoms with E-state index in [0.29, 0.717) is 34.9 Å². The van der Waals surface area contributed by atoms with E-state index < -0.39 is 5.97 Å². The van der Waals surface area contributed by atoms with Crippen molar-refractivity contribution >= 4 is 44.8 Å². The first-order chi connectivity index (χ1) is 12.6. The van der Waals surface area contributed by atoms with Gasteiger partial charge in [0.25, 0.3) is 5.91 Å². The summed E-state index contributed by atoms with van der Waals surface area (Å²) in [6.07, 6.45) is 0. The number of hydrogen-bond acceptors (Lipinski definition) is 7. The maximum absolute atomic E-state index is 12.3. The van der Waals surface area contributed by atoms with Crippen molar-refractivity contribution < 1.29 is 19.1 Å². The lowest BCUT2D eigenvalue weighted by molar-refractivity contribution is 0.0341. The molecule has 138 valence electrons. The molecule has 3 rings (SSSR count). The van der Waals surface area contributed by atoms with Gasteiger partial charge in [0.05, 0.1) is 31.6 Å². The molecule has 1 saturated heterocycles. The van der Waals surface area contributed by atoms with Crippen molar-refractivity contribution in [1.29, 1.82) is 0 Å². The Bertz CT molecular complexity index is 805. The van der Waals surface area contributed by atoms with Crippen LogP contribution in [-0.2, 0) is 16.0 Å². The van der Waals surface area contributed by atoms with Crippen LogP contribution in [0.15, 0.2) is 27.5 Å². The number of ether oxygens (including phenoxy) is 2. The van der Waals surface area contributed by atoms with Gasteiger partial charge in [0.1, 0.15) is 5.69 Å². The van der Waals surface area contributed by atoms with Gasteiger partial charge in [-0.2, -0.15) is 0 Å². The van der Waals surface area contributed by atoms with E-state index in [2.05, 4.69) is 31.1 Å². The Morgan fingerprint density at radius 2 is 2.15 bits per heavy atom. The molecule has 0 aliphatic carbocycles. The highest BCUT2D eigenvalue weighted by Gasteiger charge is 2.18. The third-order valence-electron chi connectivity index (χ3n) is 3.96. The van der Waals surface area contributed by atoms with Crippen molar-refractivity contribution in [2.75, 3.05) is 38.7 Å². The monoisotopic (exact) mass is 439 g/mol. The standard InChI is InChI=1S/C17H18BrN3O4S/c1-24-16(23)12-8-11(9-21-4-6-25-7-5-21)2-3-13(12)19-15(22)14-10-26-17(18)20-14/h2-3,8,10H,4-7,9H2,1H3,(H,19,22). The summed E-state index contributed by atoms with van der Waals surface area (Å²) in [5.41, 5.74) is 1.98. The highest BCUT2D eigenvalue weighted by Crippen LogP contribution is 2.22. The molecule has 1 aliphatic heterocycles. The van der Waals surface area contributed by atoms with Gasteiger partial charge in [-0.3, -0.25) is 9.69 Å². The van der Waals surface area contributed by atoms with E-state index in [1.165, 1.54) is 18.4 Å². The molecular weight excluding hydrogens is 422 g/mol. The third kappa shape index (κ3) is 4.67. The van der Waals surface area contributed by atoms with Crippen LogP contribution in [0, 0.1) is 0 Å². The van der Waals surface area contributed by atoms with E-state index in [-0.39, 0.29) is 11.6 Å². The van der Waals surface area contributed by atoms with E-state index in [1.807, 2.05) is 6.07 Å². The zero-order valence-corrected chi connectivity index (χ0v) is 16.6. The third-order valence-corrected chi connectivity index (χ3v) is 5.32. The molecule has 1 fully saturated rings. The molecule has 7 nitrogen and oxygen atoms in total. The van der Waals surface area contributed by atoms with Crippen LogP contribution in [0.5, 0.6) is 0 Å². The predicted molar refractivity (Wildman–Crippen MR) is 102 cm³/mol. The molecule has 0 unspecified atom stereocenters. The van der Waals surface area contributed by atoms with Crippen LogP contribution in [0.2, 0.25) is 0 Å². The van der Waals surface area contributed by atoms with E-state index in [1.54, 1.807) is 17.5 Å². The van der Waals surface area contributed by atoms with Gasteiger partial charge in [0.15, 0.2) is 3.92 Å². The van der Waals surface area contributed by atoms with Crippen molar-refractivity contribution in [3.8, 4) is 0 Å². The molecule has 9 heteroatoms. The number of anilines is 1. The zero-order valence-electron chi connectivity index (χ0n) is 14.2. The summed E-state index contributed by atoms with van der Waals surface area (Å²) in [6.45, 7) is 3.83. The first-order valence-electron chi connectivity index (χ1n) is 8.00. The summed E-state index contributed by atoms with van der Waals surface area (Å²) >= 11 is 4.55. The number of halogens is 1. The number of aromatic nitrogens is 1. The van der Waals surface area contributed by atoms with Crippen molar-refractivity contribution in [2.45, 2.75) is 6.54 Å². The molecule has 26 heavy (non-hydrogen) atoms. The first-order valence-corrected chi connectivity index (χ1v) is 9.68. The quantitative estimate of drug-likeness (QED) is 0.721. The van der Waals surface area contributed by atoms with Crippen molar-refractivity contribution in [1.82, 2.24) is 9.88 Å². The SMILES string of the molecule is COC(=O)c1cc(CN2CCOCC2)ccc1NC(=O)c1csc(Br)n1. The Kier molecular flexibility index (Phi) is 6.36. The lowest BCUT2D eigenvalue weighted by Crippen LogP contribution is -2.35. The summed E-state index contributed by atoms with van der Waals surface area (Å²) in [7, 11) is 1.32. The average molecular weight is 440 g/mol. The number of morpholine rings is 1. The van der Waals surface area contributed by atoms with Gasteiger partial charge in [0, 0.05) is 25.0 Å². The Hall–Kier alpha value is -1.81.